The fraction of sp³-hybridized carbons (Fsp3) is 0. The first kappa shape index (κ1) is 30.9. The zero-order valence-electron chi connectivity index (χ0n) is 27.8. The SMILES string of the molecule is Brc1cc(N(c2cc(-c3ccccc3)cc(-c3ccccc3)c2)c2ccccc2-c2ccccc2)cc(-n2c3ccccc3c3ccccc32)c1. The van der Waals surface area contributed by atoms with Gasteiger partial charge in [-0.15, -0.1) is 0 Å². The molecule has 0 unspecified atom stereocenters. The van der Waals surface area contributed by atoms with Crippen LogP contribution >= 0.6 is 15.9 Å². The third kappa shape index (κ3) is 5.82. The molecule has 9 aromatic rings. The number of halogens is 1. The van der Waals surface area contributed by atoms with Crippen molar-refractivity contribution < 1.29 is 0 Å². The Balaban J connectivity index is 1.34. The first-order chi connectivity index (χ1) is 25.2. The molecule has 0 bridgehead atoms. The topological polar surface area (TPSA) is 8.17 Å². The van der Waals surface area contributed by atoms with Crippen molar-refractivity contribution in [2.24, 2.45) is 0 Å². The zero-order chi connectivity index (χ0) is 34.1. The van der Waals surface area contributed by atoms with E-state index in [9.17, 15) is 0 Å². The van der Waals surface area contributed by atoms with E-state index in [1.165, 1.54) is 38.5 Å². The van der Waals surface area contributed by atoms with Crippen molar-refractivity contribution >= 4 is 54.8 Å². The summed E-state index contributed by atoms with van der Waals surface area (Å²) in [5.74, 6) is 0. The van der Waals surface area contributed by atoms with Gasteiger partial charge in [-0.25, -0.2) is 0 Å². The lowest BCUT2D eigenvalue weighted by Crippen LogP contribution is -2.12. The predicted molar refractivity (Wildman–Crippen MR) is 219 cm³/mol. The number of benzene rings is 8. The lowest BCUT2D eigenvalue weighted by atomic mass is 9.96. The summed E-state index contributed by atoms with van der Waals surface area (Å²) in [5.41, 5.74) is 13.6. The molecule has 242 valence electrons. The molecule has 0 aliphatic carbocycles. The Morgan fingerprint density at radius 3 is 1.43 bits per heavy atom. The summed E-state index contributed by atoms with van der Waals surface area (Å²) in [6.07, 6.45) is 0. The molecular formula is C48H33BrN2. The third-order valence-corrected chi connectivity index (χ3v) is 10.0. The van der Waals surface area contributed by atoms with Crippen LogP contribution in [-0.2, 0) is 0 Å². The Morgan fingerprint density at radius 1 is 0.373 bits per heavy atom. The van der Waals surface area contributed by atoms with Crippen LogP contribution in [0.1, 0.15) is 0 Å². The Morgan fingerprint density at radius 2 is 0.843 bits per heavy atom. The third-order valence-electron chi connectivity index (χ3n) is 9.58. The zero-order valence-corrected chi connectivity index (χ0v) is 29.4. The number of para-hydroxylation sites is 3. The van der Waals surface area contributed by atoms with Gasteiger partial charge < -0.3 is 9.47 Å². The Kier molecular flexibility index (Phi) is 8.04. The van der Waals surface area contributed by atoms with Crippen molar-refractivity contribution in [1.82, 2.24) is 4.57 Å². The molecule has 0 fully saturated rings. The first-order valence-corrected chi connectivity index (χ1v) is 18.0. The van der Waals surface area contributed by atoms with E-state index in [-0.39, 0.29) is 0 Å². The largest absolute Gasteiger partial charge is 0.310 e. The minimum atomic E-state index is 1.00. The van der Waals surface area contributed by atoms with Crippen molar-refractivity contribution in [2.45, 2.75) is 0 Å². The van der Waals surface area contributed by atoms with Crippen LogP contribution in [0.2, 0.25) is 0 Å². The van der Waals surface area contributed by atoms with Gasteiger partial charge >= 0.3 is 0 Å². The van der Waals surface area contributed by atoms with Gasteiger partial charge in [0.25, 0.3) is 0 Å². The highest BCUT2D eigenvalue weighted by atomic mass is 79.9. The lowest BCUT2D eigenvalue weighted by molar-refractivity contribution is 1.17. The maximum absolute atomic E-state index is 3.97. The normalized spacial score (nSPS) is 11.2. The van der Waals surface area contributed by atoms with Crippen LogP contribution in [0.15, 0.2) is 205 Å². The number of nitrogens with zero attached hydrogens (tertiary/aromatic N) is 2. The molecule has 0 radical (unpaired) electrons. The highest BCUT2D eigenvalue weighted by Crippen LogP contribution is 2.45. The van der Waals surface area contributed by atoms with E-state index >= 15 is 0 Å². The number of hydrogen-bond acceptors (Lipinski definition) is 1. The number of fused-ring (bicyclic) bond motifs is 3. The molecule has 1 aromatic heterocycles. The van der Waals surface area contributed by atoms with Gasteiger partial charge in [-0.05, 0) is 82.4 Å². The Labute approximate surface area is 306 Å². The minimum absolute atomic E-state index is 1.00. The number of hydrogen-bond donors (Lipinski definition) is 0. The van der Waals surface area contributed by atoms with Gasteiger partial charge in [0.2, 0.25) is 0 Å². The molecule has 2 nitrogen and oxygen atoms in total. The molecule has 0 saturated heterocycles. The Hall–Kier alpha value is -6.16. The maximum atomic E-state index is 3.97. The summed E-state index contributed by atoms with van der Waals surface area (Å²) in [7, 11) is 0. The lowest BCUT2D eigenvalue weighted by Gasteiger charge is -2.30. The molecule has 3 heteroatoms. The van der Waals surface area contributed by atoms with Gasteiger partial charge in [-0.3, -0.25) is 0 Å². The van der Waals surface area contributed by atoms with Crippen molar-refractivity contribution in [3.8, 4) is 39.1 Å². The average Bonchev–Trinajstić information content (AvgIpc) is 3.53. The quantitative estimate of drug-likeness (QED) is 0.159. The number of anilines is 3. The van der Waals surface area contributed by atoms with Crippen molar-refractivity contribution in [2.75, 3.05) is 4.90 Å². The standard InChI is InChI=1S/C48H33BrN2/c49-39-31-41(33-42(32-39)51-47-26-14-11-23-44(47)45-24-12-15-27-48(45)51)50(46-25-13-10-22-43(46)36-20-8-3-9-21-36)40-29-37(34-16-4-1-5-17-34)28-38(30-40)35-18-6-2-7-19-35/h1-33H. The molecule has 51 heavy (non-hydrogen) atoms. The summed E-state index contributed by atoms with van der Waals surface area (Å²) in [6, 6.07) is 71.9. The molecule has 0 atom stereocenters. The predicted octanol–water partition coefficient (Wildman–Crippen LogP) is 14.0. The van der Waals surface area contributed by atoms with E-state index in [0.29, 0.717) is 0 Å². The average molecular weight is 718 g/mol. The molecule has 0 amide bonds. The van der Waals surface area contributed by atoms with Crippen LogP contribution in [-0.4, -0.2) is 4.57 Å². The van der Waals surface area contributed by atoms with E-state index in [2.05, 4.69) is 226 Å². The molecule has 0 saturated carbocycles. The monoisotopic (exact) mass is 716 g/mol. The van der Waals surface area contributed by atoms with Crippen molar-refractivity contribution in [3.05, 3.63) is 205 Å². The van der Waals surface area contributed by atoms with E-state index in [1.807, 2.05) is 0 Å². The van der Waals surface area contributed by atoms with E-state index in [0.717, 1.165) is 43.9 Å². The van der Waals surface area contributed by atoms with Crippen LogP contribution in [0, 0.1) is 0 Å². The molecule has 0 aliphatic heterocycles. The molecule has 9 rings (SSSR count). The maximum Gasteiger partial charge on any atom is 0.0541 e. The smallest absolute Gasteiger partial charge is 0.0541 e. The van der Waals surface area contributed by atoms with E-state index in [1.54, 1.807) is 0 Å². The molecule has 0 N–H and O–H groups in total. The number of rotatable bonds is 7. The highest BCUT2D eigenvalue weighted by Gasteiger charge is 2.21. The van der Waals surface area contributed by atoms with Crippen molar-refractivity contribution in [1.29, 1.82) is 0 Å². The summed E-state index contributed by atoms with van der Waals surface area (Å²) < 4.78 is 3.39. The minimum Gasteiger partial charge on any atom is -0.310 e. The molecule has 0 aliphatic rings. The second-order valence-electron chi connectivity index (χ2n) is 12.8. The highest BCUT2D eigenvalue weighted by molar-refractivity contribution is 9.10. The summed E-state index contributed by atoms with van der Waals surface area (Å²) >= 11 is 3.97. The van der Waals surface area contributed by atoms with Crippen LogP contribution < -0.4 is 4.90 Å². The summed E-state index contributed by atoms with van der Waals surface area (Å²) in [6.45, 7) is 0. The van der Waals surface area contributed by atoms with E-state index < -0.39 is 0 Å². The number of aromatic nitrogens is 1. The molecule has 8 aromatic carbocycles. The second kappa shape index (κ2) is 13.3. The van der Waals surface area contributed by atoms with Gasteiger partial charge in [0.05, 0.1) is 16.7 Å². The van der Waals surface area contributed by atoms with Gasteiger partial charge in [0.15, 0.2) is 0 Å². The summed E-state index contributed by atoms with van der Waals surface area (Å²) in [5, 5.41) is 2.48. The van der Waals surface area contributed by atoms with Gasteiger partial charge in [0.1, 0.15) is 0 Å². The van der Waals surface area contributed by atoms with Crippen LogP contribution in [0.25, 0.3) is 60.9 Å². The van der Waals surface area contributed by atoms with Gasteiger partial charge in [0, 0.05) is 37.9 Å². The second-order valence-corrected chi connectivity index (χ2v) is 13.7. The fourth-order valence-electron chi connectivity index (χ4n) is 7.31. The van der Waals surface area contributed by atoms with Gasteiger partial charge in [-0.1, -0.05) is 162 Å². The summed E-state index contributed by atoms with van der Waals surface area (Å²) in [4.78, 5) is 2.42. The van der Waals surface area contributed by atoms with Crippen LogP contribution in [0.5, 0.6) is 0 Å². The van der Waals surface area contributed by atoms with Crippen molar-refractivity contribution in [3.63, 3.8) is 0 Å². The molecule has 1 heterocycles. The Bertz CT molecular complexity index is 2530. The fourth-order valence-corrected chi connectivity index (χ4v) is 7.78. The van der Waals surface area contributed by atoms with E-state index in [4.69, 9.17) is 0 Å². The first-order valence-electron chi connectivity index (χ1n) is 17.2. The molecule has 0 spiro atoms. The van der Waals surface area contributed by atoms with Gasteiger partial charge in [-0.2, -0.15) is 0 Å². The van der Waals surface area contributed by atoms with Crippen LogP contribution in [0.3, 0.4) is 0 Å². The van der Waals surface area contributed by atoms with Crippen LogP contribution in [0.4, 0.5) is 17.1 Å². The molecular weight excluding hydrogens is 684 g/mol.